The van der Waals surface area contributed by atoms with E-state index in [-0.39, 0.29) is 0 Å². The van der Waals surface area contributed by atoms with E-state index in [0.29, 0.717) is 13.4 Å². The Morgan fingerprint density at radius 1 is 0.619 bits per heavy atom. The summed E-state index contributed by atoms with van der Waals surface area (Å²) < 4.78 is 5.21. The zero-order valence-corrected chi connectivity index (χ0v) is 11.4. The molecule has 3 aromatic rings. The van der Waals surface area contributed by atoms with Gasteiger partial charge in [0.15, 0.2) is 0 Å². The molecule has 3 heteroatoms. The summed E-state index contributed by atoms with van der Waals surface area (Å²) in [6.45, 7) is 0. The molecule has 21 heavy (non-hydrogen) atoms. The number of hydrogen-bond donors (Lipinski definition) is 1. The first-order valence-corrected chi connectivity index (χ1v) is 6.76. The second-order valence-corrected chi connectivity index (χ2v) is 4.63. The summed E-state index contributed by atoms with van der Waals surface area (Å²) in [4.78, 5) is 0. The van der Waals surface area contributed by atoms with E-state index in [1.807, 2.05) is 54.6 Å². The van der Waals surface area contributed by atoms with Gasteiger partial charge in [-0.1, -0.05) is 72.8 Å². The Morgan fingerprint density at radius 3 is 1.90 bits per heavy atom. The zero-order chi connectivity index (χ0) is 14.5. The molecule has 101 valence electrons. The van der Waals surface area contributed by atoms with Crippen LogP contribution in [0, 0.1) is 0 Å². The third-order valence-corrected chi connectivity index (χ3v) is 3.37. The van der Waals surface area contributed by atoms with Gasteiger partial charge in [0.05, 0.1) is 0 Å². The van der Waals surface area contributed by atoms with E-state index in [1.54, 1.807) is 0 Å². The standard InChI is InChI=1S/C18H14BO2/c20-19-21-18-13-7-6-12-17(18)16-11-5-4-10-15(16)14-8-2-1-3-9-14/h1-13,20H. The van der Waals surface area contributed by atoms with Crippen molar-refractivity contribution in [1.82, 2.24) is 0 Å². The van der Waals surface area contributed by atoms with Crippen LogP contribution in [0.25, 0.3) is 22.3 Å². The second-order valence-electron chi connectivity index (χ2n) is 4.63. The van der Waals surface area contributed by atoms with Gasteiger partial charge in [-0.05, 0) is 22.8 Å². The Hall–Kier alpha value is -2.52. The third kappa shape index (κ3) is 2.83. The fourth-order valence-electron chi connectivity index (χ4n) is 2.44. The van der Waals surface area contributed by atoms with E-state index in [2.05, 4.69) is 24.3 Å². The maximum Gasteiger partial charge on any atom is 0.569 e. The number of para-hydroxylation sites is 1. The predicted molar refractivity (Wildman–Crippen MR) is 85.9 cm³/mol. The van der Waals surface area contributed by atoms with Crippen LogP contribution in [-0.4, -0.2) is 12.7 Å². The molecular formula is C18H14BO2. The third-order valence-electron chi connectivity index (χ3n) is 3.37. The summed E-state index contributed by atoms with van der Waals surface area (Å²) in [5, 5.41) is 8.93. The van der Waals surface area contributed by atoms with Gasteiger partial charge in [-0.25, -0.2) is 0 Å². The molecule has 0 fully saturated rings. The number of hydrogen-bond acceptors (Lipinski definition) is 2. The molecule has 3 aromatic carbocycles. The molecule has 0 heterocycles. The largest absolute Gasteiger partial charge is 0.569 e. The molecule has 0 spiro atoms. The fraction of sp³-hybridized carbons (Fsp3) is 0. The first-order valence-electron chi connectivity index (χ1n) is 6.76. The lowest BCUT2D eigenvalue weighted by molar-refractivity contribution is 0.455. The monoisotopic (exact) mass is 273 g/mol. The molecule has 3 rings (SSSR count). The maximum atomic E-state index is 8.93. The normalized spacial score (nSPS) is 10.1. The summed E-state index contributed by atoms with van der Waals surface area (Å²) >= 11 is 0. The van der Waals surface area contributed by atoms with Gasteiger partial charge >= 0.3 is 7.69 Å². The molecule has 0 unspecified atom stereocenters. The first kappa shape index (κ1) is 13.5. The van der Waals surface area contributed by atoms with Crippen LogP contribution in [0.2, 0.25) is 0 Å². The Labute approximate surface area is 125 Å². The van der Waals surface area contributed by atoms with Gasteiger partial charge in [-0.15, -0.1) is 0 Å². The topological polar surface area (TPSA) is 29.5 Å². The maximum absolute atomic E-state index is 8.93. The molecule has 0 aromatic heterocycles. The summed E-state index contributed by atoms with van der Waals surface area (Å²) in [6.07, 6.45) is 0. The van der Waals surface area contributed by atoms with Crippen LogP contribution in [0.1, 0.15) is 0 Å². The molecule has 0 saturated heterocycles. The first-order chi connectivity index (χ1) is 10.4. The van der Waals surface area contributed by atoms with Crippen molar-refractivity contribution in [1.29, 1.82) is 0 Å². The predicted octanol–water partition coefficient (Wildman–Crippen LogP) is 3.93. The summed E-state index contributed by atoms with van der Waals surface area (Å²) in [7, 11) is 0.712. The van der Waals surface area contributed by atoms with Crippen LogP contribution in [-0.2, 0) is 0 Å². The Kier molecular flexibility index (Phi) is 4.03. The minimum absolute atomic E-state index is 0.628. The Morgan fingerprint density at radius 2 is 1.19 bits per heavy atom. The van der Waals surface area contributed by atoms with Crippen molar-refractivity contribution in [2.75, 3.05) is 0 Å². The molecule has 0 aliphatic heterocycles. The van der Waals surface area contributed by atoms with Crippen molar-refractivity contribution >= 4 is 7.69 Å². The lowest BCUT2D eigenvalue weighted by Gasteiger charge is -2.14. The van der Waals surface area contributed by atoms with Crippen LogP contribution in [0.4, 0.5) is 0 Å². The molecule has 2 nitrogen and oxygen atoms in total. The van der Waals surface area contributed by atoms with E-state index in [9.17, 15) is 0 Å². The van der Waals surface area contributed by atoms with E-state index < -0.39 is 0 Å². The molecule has 1 radical (unpaired) electrons. The van der Waals surface area contributed by atoms with Gasteiger partial charge in [0.2, 0.25) is 0 Å². The van der Waals surface area contributed by atoms with E-state index >= 15 is 0 Å². The van der Waals surface area contributed by atoms with Crippen LogP contribution in [0.3, 0.4) is 0 Å². The number of rotatable bonds is 4. The van der Waals surface area contributed by atoms with Crippen molar-refractivity contribution in [3.8, 4) is 28.0 Å². The average Bonchev–Trinajstić information content (AvgIpc) is 2.57. The van der Waals surface area contributed by atoms with Crippen LogP contribution >= 0.6 is 0 Å². The minimum atomic E-state index is 0.628. The number of benzene rings is 3. The molecule has 0 aliphatic carbocycles. The van der Waals surface area contributed by atoms with E-state index in [0.717, 1.165) is 22.3 Å². The van der Waals surface area contributed by atoms with Crippen molar-refractivity contribution in [2.24, 2.45) is 0 Å². The molecule has 0 saturated carbocycles. The van der Waals surface area contributed by atoms with Crippen molar-refractivity contribution < 1.29 is 9.68 Å². The molecule has 0 bridgehead atoms. The molecule has 0 atom stereocenters. The van der Waals surface area contributed by atoms with Crippen molar-refractivity contribution in [3.63, 3.8) is 0 Å². The lowest BCUT2D eigenvalue weighted by atomic mass is 9.94. The van der Waals surface area contributed by atoms with Gasteiger partial charge in [-0.2, -0.15) is 0 Å². The highest BCUT2D eigenvalue weighted by Gasteiger charge is 2.11. The Balaban J connectivity index is 2.16. The van der Waals surface area contributed by atoms with E-state index in [4.69, 9.17) is 9.68 Å². The summed E-state index contributed by atoms with van der Waals surface area (Å²) in [6, 6.07) is 26.1. The van der Waals surface area contributed by atoms with Gasteiger partial charge in [0, 0.05) is 5.56 Å². The van der Waals surface area contributed by atoms with Crippen LogP contribution < -0.4 is 4.65 Å². The summed E-state index contributed by atoms with van der Waals surface area (Å²) in [5.41, 5.74) is 4.30. The molecule has 0 amide bonds. The highest BCUT2D eigenvalue weighted by Crippen LogP contribution is 2.36. The van der Waals surface area contributed by atoms with Gasteiger partial charge in [-0.3, -0.25) is 0 Å². The Bertz CT molecular complexity index is 726. The van der Waals surface area contributed by atoms with Gasteiger partial charge in [0.1, 0.15) is 5.75 Å². The van der Waals surface area contributed by atoms with Crippen molar-refractivity contribution in [3.05, 3.63) is 78.9 Å². The minimum Gasteiger partial charge on any atom is -0.537 e. The fourth-order valence-corrected chi connectivity index (χ4v) is 2.44. The molecular weight excluding hydrogens is 259 g/mol. The quantitative estimate of drug-likeness (QED) is 0.730. The average molecular weight is 273 g/mol. The lowest BCUT2D eigenvalue weighted by Crippen LogP contribution is -2.01. The molecule has 0 aliphatic rings. The van der Waals surface area contributed by atoms with Gasteiger partial charge < -0.3 is 9.68 Å². The highest BCUT2D eigenvalue weighted by atomic mass is 16.5. The SMILES string of the molecule is O[B]Oc1ccccc1-c1ccccc1-c1ccccc1. The zero-order valence-electron chi connectivity index (χ0n) is 11.4. The van der Waals surface area contributed by atoms with Crippen molar-refractivity contribution in [2.45, 2.75) is 0 Å². The van der Waals surface area contributed by atoms with Gasteiger partial charge in [0.25, 0.3) is 0 Å². The summed E-state index contributed by atoms with van der Waals surface area (Å²) in [5.74, 6) is 0.628. The highest BCUT2D eigenvalue weighted by molar-refractivity contribution is 6.17. The smallest absolute Gasteiger partial charge is 0.537 e. The van der Waals surface area contributed by atoms with Crippen LogP contribution in [0.15, 0.2) is 78.9 Å². The molecule has 1 N–H and O–H groups in total. The second kappa shape index (κ2) is 6.29. The van der Waals surface area contributed by atoms with Crippen LogP contribution in [0.5, 0.6) is 5.75 Å². The van der Waals surface area contributed by atoms with E-state index in [1.165, 1.54) is 0 Å².